The van der Waals surface area contributed by atoms with E-state index in [0.717, 1.165) is 28.8 Å². The van der Waals surface area contributed by atoms with Gasteiger partial charge in [-0.1, -0.05) is 38.5 Å². The lowest BCUT2D eigenvalue weighted by Crippen LogP contribution is -2.37. The Morgan fingerprint density at radius 1 is 1.30 bits per heavy atom. The van der Waals surface area contributed by atoms with Crippen molar-refractivity contribution in [2.24, 2.45) is 5.92 Å². The molecule has 4 heteroatoms. The number of carbonyl (C=O) groups is 1. The standard InChI is InChI=1S/C19H21NO3/c1-10(2)19(4)9-12-6-5-11(3)7-13(12)16-15(19)8-14(18(22)23)17(21)20-16/h5-8,10H,9H2,1-4H3,(H,20,21)(H,22,23)/t19-/m1/s1. The highest BCUT2D eigenvalue weighted by atomic mass is 16.4. The second-order valence-corrected chi connectivity index (χ2v) is 7.02. The van der Waals surface area contributed by atoms with E-state index in [2.05, 4.69) is 44.0 Å². The zero-order valence-corrected chi connectivity index (χ0v) is 13.9. The third-order valence-corrected chi connectivity index (χ3v) is 5.25. The van der Waals surface area contributed by atoms with Crippen LogP contribution in [0.2, 0.25) is 0 Å². The Morgan fingerprint density at radius 3 is 2.61 bits per heavy atom. The number of hydrogen-bond donors (Lipinski definition) is 2. The second kappa shape index (κ2) is 5.08. The van der Waals surface area contributed by atoms with Crippen LogP contribution in [-0.4, -0.2) is 16.1 Å². The van der Waals surface area contributed by atoms with E-state index in [-0.39, 0.29) is 11.0 Å². The van der Waals surface area contributed by atoms with Crippen LogP contribution in [0.25, 0.3) is 11.3 Å². The molecule has 23 heavy (non-hydrogen) atoms. The highest BCUT2D eigenvalue weighted by Crippen LogP contribution is 2.46. The maximum absolute atomic E-state index is 12.2. The van der Waals surface area contributed by atoms with Crippen molar-refractivity contribution >= 4 is 5.97 Å². The average Bonchev–Trinajstić information content (AvgIpc) is 2.47. The predicted molar refractivity (Wildman–Crippen MR) is 90.1 cm³/mol. The Kier molecular flexibility index (Phi) is 3.43. The van der Waals surface area contributed by atoms with Crippen molar-refractivity contribution in [2.75, 3.05) is 0 Å². The van der Waals surface area contributed by atoms with Gasteiger partial charge in [-0.05, 0) is 42.5 Å². The van der Waals surface area contributed by atoms with Crippen molar-refractivity contribution in [3.05, 3.63) is 56.9 Å². The SMILES string of the molecule is Cc1ccc2c(c1)-c1[nH]c(=O)c(C(=O)O)cc1[C@@](C)(C(C)C)C2. The van der Waals surface area contributed by atoms with Gasteiger partial charge in [0.25, 0.3) is 5.56 Å². The summed E-state index contributed by atoms with van der Waals surface area (Å²) < 4.78 is 0. The Morgan fingerprint density at radius 2 is 2.00 bits per heavy atom. The van der Waals surface area contributed by atoms with Gasteiger partial charge in [-0.25, -0.2) is 4.79 Å². The van der Waals surface area contributed by atoms with Crippen molar-refractivity contribution in [1.82, 2.24) is 4.98 Å². The van der Waals surface area contributed by atoms with Gasteiger partial charge in [-0.2, -0.15) is 0 Å². The molecule has 0 amide bonds. The number of carboxylic acid groups (broad SMARTS) is 1. The van der Waals surface area contributed by atoms with Crippen molar-refractivity contribution in [3.8, 4) is 11.3 Å². The summed E-state index contributed by atoms with van der Waals surface area (Å²) in [5, 5.41) is 9.30. The molecule has 0 saturated heterocycles. The number of carboxylic acids is 1. The van der Waals surface area contributed by atoms with Gasteiger partial charge in [0.2, 0.25) is 0 Å². The fourth-order valence-electron chi connectivity index (χ4n) is 3.44. The highest BCUT2D eigenvalue weighted by Gasteiger charge is 2.38. The number of H-pyrrole nitrogens is 1. The molecule has 0 fully saturated rings. The van der Waals surface area contributed by atoms with E-state index in [0.29, 0.717) is 5.92 Å². The molecule has 0 spiro atoms. The molecule has 0 aliphatic heterocycles. The van der Waals surface area contributed by atoms with Gasteiger partial charge in [-0.3, -0.25) is 4.79 Å². The molecule has 0 saturated carbocycles. The minimum Gasteiger partial charge on any atom is -0.477 e. The third-order valence-electron chi connectivity index (χ3n) is 5.25. The number of aryl methyl sites for hydroxylation is 1. The van der Waals surface area contributed by atoms with E-state index < -0.39 is 11.5 Å². The van der Waals surface area contributed by atoms with Crippen molar-refractivity contribution < 1.29 is 9.90 Å². The number of aromatic amines is 1. The van der Waals surface area contributed by atoms with Crippen LogP contribution in [0.5, 0.6) is 0 Å². The van der Waals surface area contributed by atoms with Crippen LogP contribution >= 0.6 is 0 Å². The monoisotopic (exact) mass is 311 g/mol. The fraction of sp³-hybridized carbons (Fsp3) is 0.368. The summed E-state index contributed by atoms with van der Waals surface area (Å²) in [6, 6.07) is 7.82. The molecule has 0 unspecified atom stereocenters. The molecule has 2 N–H and O–H groups in total. The van der Waals surface area contributed by atoms with Gasteiger partial charge in [0.1, 0.15) is 5.56 Å². The number of rotatable bonds is 2. The van der Waals surface area contributed by atoms with Crippen LogP contribution in [0.15, 0.2) is 29.1 Å². The van der Waals surface area contributed by atoms with E-state index in [1.54, 1.807) is 6.07 Å². The molecule has 1 heterocycles. The highest BCUT2D eigenvalue weighted by molar-refractivity contribution is 5.88. The number of aromatic carboxylic acids is 1. The first-order valence-electron chi connectivity index (χ1n) is 7.85. The Hall–Kier alpha value is -2.36. The van der Waals surface area contributed by atoms with Crippen LogP contribution in [-0.2, 0) is 11.8 Å². The molecule has 4 nitrogen and oxygen atoms in total. The molecule has 120 valence electrons. The van der Waals surface area contributed by atoms with E-state index in [1.165, 1.54) is 5.56 Å². The van der Waals surface area contributed by atoms with Crippen LogP contribution in [0.3, 0.4) is 0 Å². The van der Waals surface area contributed by atoms with Crippen LogP contribution < -0.4 is 5.56 Å². The maximum Gasteiger partial charge on any atom is 0.341 e. The molecule has 1 aliphatic rings. The zero-order valence-electron chi connectivity index (χ0n) is 13.9. The number of pyridine rings is 1. The van der Waals surface area contributed by atoms with E-state index >= 15 is 0 Å². The summed E-state index contributed by atoms with van der Waals surface area (Å²) in [5.74, 6) is -0.876. The van der Waals surface area contributed by atoms with E-state index in [4.69, 9.17) is 0 Å². The van der Waals surface area contributed by atoms with Gasteiger partial charge >= 0.3 is 5.97 Å². The molecule has 1 aromatic carbocycles. The first-order valence-corrected chi connectivity index (χ1v) is 7.85. The smallest absolute Gasteiger partial charge is 0.341 e. The topological polar surface area (TPSA) is 70.2 Å². The normalized spacial score (nSPS) is 19.3. The Balaban J connectivity index is 2.39. The summed E-state index contributed by atoms with van der Waals surface area (Å²) >= 11 is 0. The summed E-state index contributed by atoms with van der Waals surface area (Å²) in [7, 11) is 0. The molecule has 1 atom stereocenters. The first-order chi connectivity index (χ1) is 10.7. The number of nitrogens with one attached hydrogen (secondary N) is 1. The minimum atomic E-state index is -1.19. The van der Waals surface area contributed by atoms with Crippen LogP contribution in [0.1, 0.15) is 47.8 Å². The Labute approximate surface area is 135 Å². The summed E-state index contributed by atoms with van der Waals surface area (Å²) in [4.78, 5) is 26.4. The van der Waals surface area contributed by atoms with Gasteiger partial charge in [0.05, 0.1) is 5.69 Å². The number of aromatic nitrogens is 1. The third kappa shape index (κ3) is 2.29. The number of hydrogen-bond acceptors (Lipinski definition) is 2. The van der Waals surface area contributed by atoms with Gasteiger partial charge < -0.3 is 10.1 Å². The van der Waals surface area contributed by atoms with Crippen molar-refractivity contribution in [2.45, 2.75) is 39.5 Å². The zero-order chi connectivity index (χ0) is 16.9. The second-order valence-electron chi connectivity index (χ2n) is 7.02. The van der Waals surface area contributed by atoms with Crippen molar-refractivity contribution in [1.29, 1.82) is 0 Å². The van der Waals surface area contributed by atoms with Crippen LogP contribution in [0, 0.1) is 12.8 Å². The summed E-state index contributed by atoms with van der Waals surface area (Å²) in [6.45, 7) is 8.42. The molecule has 0 radical (unpaired) electrons. The first kappa shape index (κ1) is 15.5. The fourth-order valence-corrected chi connectivity index (χ4v) is 3.44. The summed E-state index contributed by atoms with van der Waals surface area (Å²) in [5.41, 5.74) is 4.05. The number of fused-ring (bicyclic) bond motifs is 3. The van der Waals surface area contributed by atoms with Gasteiger partial charge in [0, 0.05) is 11.0 Å². The van der Waals surface area contributed by atoms with Gasteiger partial charge in [0.15, 0.2) is 0 Å². The quantitative estimate of drug-likeness (QED) is 0.891. The molecule has 1 aliphatic carbocycles. The molecule has 1 aromatic heterocycles. The average molecular weight is 311 g/mol. The van der Waals surface area contributed by atoms with Crippen LogP contribution in [0.4, 0.5) is 0 Å². The maximum atomic E-state index is 12.2. The molecule has 2 aromatic rings. The van der Waals surface area contributed by atoms with E-state index in [9.17, 15) is 14.7 Å². The Bertz CT molecular complexity index is 863. The minimum absolute atomic E-state index is 0.188. The van der Waals surface area contributed by atoms with Gasteiger partial charge in [-0.15, -0.1) is 0 Å². The largest absolute Gasteiger partial charge is 0.477 e. The lowest BCUT2D eigenvalue weighted by Gasteiger charge is -2.40. The lowest BCUT2D eigenvalue weighted by atomic mass is 9.64. The molecule has 3 rings (SSSR count). The van der Waals surface area contributed by atoms with Crippen molar-refractivity contribution in [3.63, 3.8) is 0 Å². The van der Waals surface area contributed by atoms with E-state index in [1.807, 2.05) is 6.92 Å². The molecular formula is C19H21NO3. The number of benzene rings is 1. The predicted octanol–water partition coefficient (Wildman–Crippen LogP) is 3.52. The molecule has 0 bridgehead atoms. The lowest BCUT2D eigenvalue weighted by molar-refractivity contribution is 0.0694. The summed E-state index contributed by atoms with van der Waals surface area (Å²) in [6.07, 6.45) is 0.832. The molecular weight excluding hydrogens is 290 g/mol.